The molecule has 15 heavy (non-hydrogen) atoms. The fourth-order valence-electron chi connectivity index (χ4n) is 1.82. The van der Waals surface area contributed by atoms with Crippen LogP contribution in [0.3, 0.4) is 0 Å². The molecule has 0 radical (unpaired) electrons. The lowest BCUT2D eigenvalue weighted by atomic mass is 9.99. The Kier molecular flexibility index (Phi) is 2.39. The van der Waals surface area contributed by atoms with Crippen molar-refractivity contribution in [2.75, 3.05) is 5.32 Å². The minimum Gasteiger partial charge on any atom is -0.461 e. The molecule has 0 saturated heterocycles. The van der Waals surface area contributed by atoms with E-state index in [9.17, 15) is 4.79 Å². The van der Waals surface area contributed by atoms with Gasteiger partial charge in [-0.25, -0.2) is 0 Å². The van der Waals surface area contributed by atoms with E-state index in [1.54, 1.807) is 0 Å². The Bertz CT molecular complexity index is 399. The van der Waals surface area contributed by atoms with E-state index in [1.807, 2.05) is 6.92 Å². The van der Waals surface area contributed by atoms with Crippen molar-refractivity contribution in [3.8, 4) is 5.75 Å². The Balaban J connectivity index is 2.49. The van der Waals surface area contributed by atoms with Crippen molar-refractivity contribution in [1.29, 1.82) is 0 Å². The molecule has 0 spiro atoms. The number of fused-ring (bicyclic) bond motifs is 1. The number of carbonyl (C=O) groups is 1. The van der Waals surface area contributed by atoms with Crippen LogP contribution < -0.4 is 10.1 Å². The van der Waals surface area contributed by atoms with Crippen LogP contribution in [0.15, 0.2) is 12.1 Å². The third kappa shape index (κ3) is 1.58. The van der Waals surface area contributed by atoms with Crippen LogP contribution in [0.1, 0.15) is 30.9 Å². The van der Waals surface area contributed by atoms with E-state index in [0.29, 0.717) is 5.92 Å². The number of rotatable bonds is 2. The molecule has 1 atom stereocenters. The van der Waals surface area contributed by atoms with Crippen LogP contribution >= 0.6 is 0 Å². The molecular weight excluding hydrogens is 190 g/mol. The lowest BCUT2D eigenvalue weighted by molar-refractivity contribution is -0.112. The van der Waals surface area contributed by atoms with Gasteiger partial charge < -0.3 is 10.1 Å². The van der Waals surface area contributed by atoms with Crippen LogP contribution in [-0.4, -0.2) is 12.5 Å². The summed E-state index contributed by atoms with van der Waals surface area (Å²) in [7, 11) is 0. The summed E-state index contributed by atoms with van der Waals surface area (Å²) in [5.74, 6) is 1.23. The van der Waals surface area contributed by atoms with Crippen molar-refractivity contribution in [3.63, 3.8) is 0 Å². The average molecular weight is 205 g/mol. The second-order valence-electron chi connectivity index (χ2n) is 4.15. The predicted molar refractivity (Wildman–Crippen MR) is 59.4 cm³/mol. The molecule has 1 unspecified atom stereocenters. The molecule has 0 aliphatic carbocycles. The Morgan fingerprint density at radius 1 is 1.47 bits per heavy atom. The molecule has 3 nitrogen and oxygen atoms in total. The third-order valence-corrected chi connectivity index (χ3v) is 2.67. The Morgan fingerprint density at radius 2 is 2.20 bits per heavy atom. The van der Waals surface area contributed by atoms with Gasteiger partial charge in [-0.2, -0.15) is 0 Å². The molecule has 0 bridgehead atoms. The van der Waals surface area contributed by atoms with Crippen molar-refractivity contribution in [2.45, 2.75) is 32.9 Å². The van der Waals surface area contributed by atoms with Crippen LogP contribution in [-0.2, 0) is 4.79 Å². The van der Waals surface area contributed by atoms with Gasteiger partial charge in [-0.3, -0.25) is 4.79 Å². The average Bonchev–Trinajstić information content (AvgIpc) is 2.62. The number of aldehydes is 1. The zero-order valence-corrected chi connectivity index (χ0v) is 9.20. The normalized spacial score (nSPS) is 18.3. The van der Waals surface area contributed by atoms with Gasteiger partial charge >= 0.3 is 0 Å². The van der Waals surface area contributed by atoms with Gasteiger partial charge in [-0.15, -0.1) is 0 Å². The molecule has 1 aliphatic heterocycles. The minimum absolute atomic E-state index is 0.395. The summed E-state index contributed by atoms with van der Waals surface area (Å²) in [6.45, 7) is 6.23. The summed E-state index contributed by atoms with van der Waals surface area (Å²) in [6.07, 6.45) is 0.252. The van der Waals surface area contributed by atoms with Crippen molar-refractivity contribution >= 4 is 12.0 Å². The van der Waals surface area contributed by atoms with Gasteiger partial charge in [0.25, 0.3) is 0 Å². The molecule has 1 heterocycles. The van der Waals surface area contributed by atoms with Gasteiger partial charge in [0.2, 0.25) is 6.23 Å². The summed E-state index contributed by atoms with van der Waals surface area (Å²) in [5.41, 5.74) is 3.21. The highest BCUT2D eigenvalue weighted by molar-refractivity contribution is 5.75. The number of hydrogen-bond acceptors (Lipinski definition) is 3. The molecule has 1 N–H and O–H groups in total. The Morgan fingerprint density at radius 3 is 2.80 bits per heavy atom. The predicted octanol–water partition coefficient (Wildman–Crippen LogP) is 2.45. The highest BCUT2D eigenvalue weighted by atomic mass is 16.5. The number of ether oxygens (including phenoxy) is 1. The standard InChI is InChI=1S/C12H15NO2/c1-7(2)9-5-4-8(3)11-12(9)15-10(6-14)13-11/h4-7,10,13H,1-3H3. The number of benzene rings is 1. The van der Waals surface area contributed by atoms with E-state index in [1.165, 1.54) is 0 Å². The monoisotopic (exact) mass is 205 g/mol. The molecule has 1 aromatic carbocycles. The summed E-state index contributed by atoms with van der Waals surface area (Å²) >= 11 is 0. The summed E-state index contributed by atoms with van der Waals surface area (Å²) in [4.78, 5) is 10.7. The van der Waals surface area contributed by atoms with Crippen molar-refractivity contribution < 1.29 is 9.53 Å². The van der Waals surface area contributed by atoms with Gasteiger partial charge in [-0.1, -0.05) is 26.0 Å². The number of carbonyl (C=O) groups excluding carboxylic acids is 1. The number of hydrogen-bond donors (Lipinski definition) is 1. The first-order valence-corrected chi connectivity index (χ1v) is 5.15. The van der Waals surface area contributed by atoms with Crippen molar-refractivity contribution in [1.82, 2.24) is 0 Å². The quantitative estimate of drug-likeness (QED) is 0.754. The van der Waals surface area contributed by atoms with E-state index in [4.69, 9.17) is 4.74 Å². The smallest absolute Gasteiger partial charge is 0.226 e. The molecule has 2 rings (SSSR count). The first-order chi connectivity index (χ1) is 7.13. The van der Waals surface area contributed by atoms with Crippen LogP contribution in [0.2, 0.25) is 0 Å². The first-order valence-electron chi connectivity index (χ1n) is 5.15. The van der Waals surface area contributed by atoms with Gasteiger partial charge in [-0.05, 0) is 24.0 Å². The van der Waals surface area contributed by atoms with E-state index >= 15 is 0 Å². The van der Waals surface area contributed by atoms with E-state index in [0.717, 1.165) is 28.8 Å². The summed E-state index contributed by atoms with van der Waals surface area (Å²) in [5, 5.41) is 3.06. The molecule has 0 amide bonds. The van der Waals surface area contributed by atoms with Crippen LogP contribution in [0.4, 0.5) is 5.69 Å². The van der Waals surface area contributed by atoms with Crippen molar-refractivity contribution in [2.24, 2.45) is 0 Å². The third-order valence-electron chi connectivity index (χ3n) is 2.67. The fraction of sp³-hybridized carbons (Fsp3) is 0.417. The van der Waals surface area contributed by atoms with Crippen molar-refractivity contribution in [3.05, 3.63) is 23.3 Å². The van der Waals surface area contributed by atoms with E-state index in [2.05, 4.69) is 31.3 Å². The number of aryl methyl sites for hydroxylation is 1. The first kappa shape index (κ1) is 10.0. The highest BCUT2D eigenvalue weighted by Gasteiger charge is 2.26. The van der Waals surface area contributed by atoms with Crippen LogP contribution in [0, 0.1) is 6.92 Å². The topological polar surface area (TPSA) is 38.3 Å². The zero-order valence-electron chi connectivity index (χ0n) is 9.20. The lowest BCUT2D eigenvalue weighted by Crippen LogP contribution is -2.21. The maximum Gasteiger partial charge on any atom is 0.226 e. The van der Waals surface area contributed by atoms with E-state index < -0.39 is 6.23 Å². The molecule has 0 aromatic heterocycles. The maximum atomic E-state index is 10.7. The maximum absolute atomic E-state index is 10.7. The molecule has 1 aliphatic rings. The number of nitrogens with one attached hydrogen (secondary N) is 1. The summed E-state index contributed by atoms with van der Waals surface area (Å²) < 4.78 is 5.55. The molecule has 1 aromatic rings. The molecule has 0 saturated carbocycles. The molecule has 0 fully saturated rings. The van der Waals surface area contributed by atoms with Gasteiger partial charge in [0.1, 0.15) is 5.75 Å². The minimum atomic E-state index is -0.529. The molecular formula is C12H15NO2. The Labute approximate surface area is 89.4 Å². The van der Waals surface area contributed by atoms with E-state index in [-0.39, 0.29) is 0 Å². The zero-order chi connectivity index (χ0) is 11.0. The Hall–Kier alpha value is -1.51. The number of anilines is 1. The van der Waals surface area contributed by atoms with Gasteiger partial charge in [0, 0.05) is 0 Å². The van der Waals surface area contributed by atoms with Crippen LogP contribution in [0.5, 0.6) is 5.75 Å². The summed E-state index contributed by atoms with van der Waals surface area (Å²) in [6, 6.07) is 4.12. The fourth-order valence-corrected chi connectivity index (χ4v) is 1.82. The SMILES string of the molecule is Cc1ccc(C(C)C)c2c1NC(C=O)O2. The molecule has 3 heteroatoms. The second kappa shape index (κ2) is 3.57. The second-order valence-corrected chi connectivity index (χ2v) is 4.15. The van der Waals surface area contributed by atoms with Crippen LogP contribution in [0.25, 0.3) is 0 Å². The largest absolute Gasteiger partial charge is 0.461 e. The van der Waals surface area contributed by atoms with Gasteiger partial charge in [0.05, 0.1) is 5.69 Å². The molecule has 80 valence electrons. The lowest BCUT2D eigenvalue weighted by Gasteiger charge is -2.11. The van der Waals surface area contributed by atoms with Gasteiger partial charge in [0.15, 0.2) is 6.29 Å². The highest BCUT2D eigenvalue weighted by Crippen LogP contribution is 2.40.